The third-order valence-electron chi connectivity index (χ3n) is 2.86. The molecule has 88 valence electrons. The van der Waals surface area contributed by atoms with Crippen molar-refractivity contribution in [1.82, 2.24) is 4.98 Å². The number of nitrogens with zero attached hydrogens (tertiary/aromatic N) is 1. The zero-order valence-corrected chi connectivity index (χ0v) is 9.80. The number of aromatic nitrogens is 1. The Morgan fingerprint density at radius 1 is 1.18 bits per heavy atom. The van der Waals surface area contributed by atoms with Crippen molar-refractivity contribution in [2.24, 2.45) is 0 Å². The summed E-state index contributed by atoms with van der Waals surface area (Å²) in [5.41, 5.74) is 6.59. The molecule has 3 heteroatoms. The fraction of sp³-hybridized carbons (Fsp3) is 0.214. The Labute approximate surface area is 101 Å². The summed E-state index contributed by atoms with van der Waals surface area (Å²) in [6, 6.07) is 13.3. The van der Waals surface area contributed by atoms with Crippen molar-refractivity contribution in [2.45, 2.75) is 18.9 Å². The molecule has 1 unspecified atom stereocenters. The lowest BCUT2D eigenvalue weighted by molar-refractivity contribution is 0.0577. The molecular formula is C14H16N2O. The maximum absolute atomic E-state index is 10.5. The largest absolute Gasteiger partial charge is 0.385 e. The fourth-order valence-corrected chi connectivity index (χ4v) is 1.87. The van der Waals surface area contributed by atoms with Crippen LogP contribution in [-0.2, 0) is 12.0 Å². The lowest BCUT2D eigenvalue weighted by Crippen LogP contribution is -2.24. The van der Waals surface area contributed by atoms with Crippen molar-refractivity contribution in [3.05, 3.63) is 59.8 Å². The van der Waals surface area contributed by atoms with Gasteiger partial charge in [0.2, 0.25) is 0 Å². The zero-order valence-electron chi connectivity index (χ0n) is 9.80. The normalized spacial score (nSPS) is 14.2. The summed E-state index contributed by atoms with van der Waals surface area (Å²) < 4.78 is 0. The number of aliphatic hydroxyl groups is 1. The van der Waals surface area contributed by atoms with E-state index in [4.69, 9.17) is 5.73 Å². The molecule has 3 nitrogen and oxygen atoms in total. The zero-order chi connectivity index (χ0) is 12.3. The van der Waals surface area contributed by atoms with Crippen LogP contribution in [-0.4, -0.2) is 10.1 Å². The highest BCUT2D eigenvalue weighted by atomic mass is 16.3. The first kappa shape index (κ1) is 11.6. The summed E-state index contributed by atoms with van der Waals surface area (Å²) >= 11 is 0. The molecule has 1 aromatic heterocycles. The Hall–Kier alpha value is -1.87. The molecule has 0 aliphatic rings. The Balaban J connectivity index is 2.27. The summed E-state index contributed by atoms with van der Waals surface area (Å²) in [5.74, 6) is 0.476. The van der Waals surface area contributed by atoms with Gasteiger partial charge >= 0.3 is 0 Å². The monoisotopic (exact) mass is 228 g/mol. The van der Waals surface area contributed by atoms with Gasteiger partial charge in [-0.05, 0) is 24.1 Å². The number of nitrogen functional groups attached to an aromatic ring is 1. The van der Waals surface area contributed by atoms with Gasteiger partial charge in [0, 0.05) is 12.6 Å². The Morgan fingerprint density at radius 3 is 2.53 bits per heavy atom. The average Bonchev–Trinajstić information content (AvgIpc) is 2.33. The van der Waals surface area contributed by atoms with Crippen LogP contribution in [0.4, 0.5) is 5.82 Å². The van der Waals surface area contributed by atoms with Gasteiger partial charge in [-0.1, -0.05) is 36.4 Å². The third kappa shape index (κ3) is 2.63. The van der Waals surface area contributed by atoms with Gasteiger partial charge in [-0.25, -0.2) is 4.98 Å². The second-order valence-electron chi connectivity index (χ2n) is 4.36. The first-order chi connectivity index (χ1) is 8.09. The van der Waals surface area contributed by atoms with Crippen LogP contribution in [0.2, 0.25) is 0 Å². The first-order valence-electron chi connectivity index (χ1n) is 5.57. The van der Waals surface area contributed by atoms with Crippen LogP contribution in [0.25, 0.3) is 0 Å². The van der Waals surface area contributed by atoms with Gasteiger partial charge in [-0.2, -0.15) is 0 Å². The molecule has 0 saturated heterocycles. The van der Waals surface area contributed by atoms with E-state index in [1.54, 1.807) is 13.1 Å². The topological polar surface area (TPSA) is 59.1 Å². The van der Waals surface area contributed by atoms with Crippen LogP contribution in [0.1, 0.15) is 18.1 Å². The quantitative estimate of drug-likeness (QED) is 0.846. The van der Waals surface area contributed by atoms with Gasteiger partial charge in [-0.15, -0.1) is 0 Å². The summed E-state index contributed by atoms with van der Waals surface area (Å²) in [6.07, 6.45) is 2.10. The number of nitrogens with two attached hydrogens (primary N) is 1. The highest BCUT2D eigenvalue weighted by molar-refractivity contribution is 5.40. The van der Waals surface area contributed by atoms with Gasteiger partial charge in [0.05, 0.1) is 5.60 Å². The fourth-order valence-electron chi connectivity index (χ4n) is 1.87. The minimum Gasteiger partial charge on any atom is -0.385 e. The predicted octanol–water partition coefficient (Wildman–Crippen LogP) is 2.11. The van der Waals surface area contributed by atoms with Crippen molar-refractivity contribution in [3.8, 4) is 0 Å². The summed E-state index contributed by atoms with van der Waals surface area (Å²) in [4.78, 5) is 4.02. The number of rotatable bonds is 3. The van der Waals surface area contributed by atoms with E-state index in [2.05, 4.69) is 4.98 Å². The number of pyridine rings is 1. The maximum atomic E-state index is 10.5. The van der Waals surface area contributed by atoms with E-state index < -0.39 is 5.60 Å². The van der Waals surface area contributed by atoms with Crippen molar-refractivity contribution in [2.75, 3.05) is 5.73 Å². The lowest BCUT2D eigenvalue weighted by Gasteiger charge is -2.24. The number of hydrogen-bond donors (Lipinski definition) is 2. The van der Waals surface area contributed by atoms with Gasteiger partial charge in [0.25, 0.3) is 0 Å². The minimum atomic E-state index is -0.932. The highest BCUT2D eigenvalue weighted by Crippen LogP contribution is 2.26. The predicted molar refractivity (Wildman–Crippen MR) is 68.4 cm³/mol. The minimum absolute atomic E-state index is 0.455. The summed E-state index contributed by atoms with van der Waals surface area (Å²) in [6.45, 7) is 1.79. The molecule has 1 aromatic carbocycles. The molecular weight excluding hydrogens is 212 g/mol. The smallest absolute Gasteiger partial charge is 0.126 e. The van der Waals surface area contributed by atoms with Gasteiger partial charge in [-0.3, -0.25) is 0 Å². The molecule has 0 radical (unpaired) electrons. The van der Waals surface area contributed by atoms with Gasteiger partial charge < -0.3 is 10.8 Å². The molecule has 2 aromatic rings. The van der Waals surface area contributed by atoms with Crippen molar-refractivity contribution in [1.29, 1.82) is 0 Å². The molecule has 0 aliphatic carbocycles. The maximum Gasteiger partial charge on any atom is 0.126 e. The van der Waals surface area contributed by atoms with E-state index in [0.29, 0.717) is 12.2 Å². The summed E-state index contributed by atoms with van der Waals surface area (Å²) in [5, 5.41) is 10.5. The third-order valence-corrected chi connectivity index (χ3v) is 2.86. The van der Waals surface area contributed by atoms with Crippen LogP contribution in [0, 0.1) is 0 Å². The molecule has 0 aliphatic heterocycles. The molecule has 0 spiro atoms. The van der Waals surface area contributed by atoms with Crippen LogP contribution < -0.4 is 5.73 Å². The number of hydrogen-bond acceptors (Lipinski definition) is 3. The standard InChI is InChI=1S/C14H16N2O/c1-14(17,12-7-3-2-4-8-12)10-11-6-5-9-16-13(11)15/h2-9,17H,10H2,1H3,(H2,15,16). The van der Waals surface area contributed by atoms with Crippen LogP contribution in [0.15, 0.2) is 48.7 Å². The molecule has 17 heavy (non-hydrogen) atoms. The molecule has 1 heterocycles. The Kier molecular flexibility index (Phi) is 3.11. The lowest BCUT2D eigenvalue weighted by atomic mass is 9.89. The second-order valence-corrected chi connectivity index (χ2v) is 4.36. The summed E-state index contributed by atoms with van der Waals surface area (Å²) in [7, 11) is 0. The average molecular weight is 228 g/mol. The SMILES string of the molecule is CC(O)(Cc1cccnc1N)c1ccccc1. The van der Waals surface area contributed by atoms with Crippen LogP contribution in [0.3, 0.4) is 0 Å². The van der Waals surface area contributed by atoms with Crippen LogP contribution in [0.5, 0.6) is 0 Å². The van der Waals surface area contributed by atoms with E-state index in [1.807, 2.05) is 42.5 Å². The molecule has 0 bridgehead atoms. The van der Waals surface area contributed by atoms with Crippen molar-refractivity contribution in [3.63, 3.8) is 0 Å². The number of benzene rings is 1. The molecule has 0 fully saturated rings. The molecule has 1 atom stereocenters. The van der Waals surface area contributed by atoms with Gasteiger partial charge in [0.15, 0.2) is 0 Å². The van der Waals surface area contributed by atoms with E-state index in [9.17, 15) is 5.11 Å². The van der Waals surface area contributed by atoms with E-state index in [1.165, 1.54) is 0 Å². The molecule has 3 N–H and O–H groups in total. The van der Waals surface area contributed by atoms with Crippen LogP contribution >= 0.6 is 0 Å². The van der Waals surface area contributed by atoms with Crippen molar-refractivity contribution < 1.29 is 5.11 Å². The molecule has 0 saturated carbocycles. The Bertz CT molecular complexity index is 495. The van der Waals surface area contributed by atoms with E-state index >= 15 is 0 Å². The highest BCUT2D eigenvalue weighted by Gasteiger charge is 2.24. The van der Waals surface area contributed by atoms with Gasteiger partial charge in [0.1, 0.15) is 5.82 Å². The Morgan fingerprint density at radius 2 is 1.88 bits per heavy atom. The molecule has 0 amide bonds. The van der Waals surface area contributed by atoms with E-state index in [-0.39, 0.29) is 0 Å². The molecule has 2 rings (SSSR count). The number of anilines is 1. The second kappa shape index (κ2) is 4.55. The first-order valence-corrected chi connectivity index (χ1v) is 5.57. The van der Waals surface area contributed by atoms with E-state index in [0.717, 1.165) is 11.1 Å². The van der Waals surface area contributed by atoms with Crippen molar-refractivity contribution >= 4 is 5.82 Å².